The first-order chi connectivity index (χ1) is 22.5. The van der Waals surface area contributed by atoms with Crippen LogP contribution in [0.3, 0.4) is 0 Å². The van der Waals surface area contributed by atoms with Crippen LogP contribution in [0, 0.1) is 10.1 Å². The Bertz CT molecular complexity index is 2050. The number of esters is 1. The Hall–Kier alpha value is -4.94. The predicted molar refractivity (Wildman–Crippen MR) is 178 cm³/mol. The number of benzene rings is 3. The summed E-state index contributed by atoms with van der Waals surface area (Å²) in [6.45, 7) is 7.51. The van der Waals surface area contributed by atoms with Crippen molar-refractivity contribution in [3.63, 3.8) is 0 Å². The highest BCUT2D eigenvalue weighted by Gasteiger charge is 2.35. The van der Waals surface area contributed by atoms with Crippen LogP contribution < -0.4 is 29.1 Å². The van der Waals surface area contributed by atoms with Gasteiger partial charge >= 0.3 is 5.97 Å². The van der Waals surface area contributed by atoms with E-state index in [0.29, 0.717) is 43.2 Å². The molecule has 1 atom stereocenters. The van der Waals surface area contributed by atoms with Gasteiger partial charge in [0.1, 0.15) is 18.4 Å². The topological polar surface area (TPSA) is 131 Å². The van der Waals surface area contributed by atoms with Crippen molar-refractivity contribution in [2.45, 2.75) is 46.4 Å². The third-order valence-electron chi connectivity index (χ3n) is 7.17. The zero-order valence-corrected chi connectivity index (χ0v) is 27.9. The third-order valence-corrected chi connectivity index (χ3v) is 8.44. The molecular formula is C34H32ClN3O8S. The highest BCUT2D eigenvalue weighted by Crippen LogP contribution is 2.38. The molecule has 0 fully saturated rings. The Morgan fingerprint density at radius 3 is 2.53 bits per heavy atom. The number of halogens is 1. The maximum atomic E-state index is 14.1. The lowest BCUT2D eigenvalue weighted by molar-refractivity contribution is -0.384. The maximum absolute atomic E-state index is 14.1. The van der Waals surface area contributed by atoms with E-state index in [9.17, 15) is 19.7 Å². The minimum absolute atomic E-state index is 0.0225. The Morgan fingerprint density at radius 1 is 1.15 bits per heavy atom. The van der Waals surface area contributed by atoms with Crippen LogP contribution in [0.5, 0.6) is 17.2 Å². The summed E-state index contributed by atoms with van der Waals surface area (Å²) in [5.74, 6) is 0.590. The van der Waals surface area contributed by atoms with Crippen LogP contribution in [0.15, 0.2) is 81.7 Å². The Kier molecular flexibility index (Phi) is 10.1. The zero-order chi connectivity index (χ0) is 33.8. The first-order valence-corrected chi connectivity index (χ1v) is 15.9. The van der Waals surface area contributed by atoms with E-state index in [0.717, 1.165) is 0 Å². The summed E-state index contributed by atoms with van der Waals surface area (Å²) in [6.07, 6.45) is 1.53. The second kappa shape index (κ2) is 14.2. The van der Waals surface area contributed by atoms with Crippen molar-refractivity contribution in [3.8, 4) is 17.2 Å². The molecule has 0 radical (unpaired) electrons. The number of nitro groups is 1. The van der Waals surface area contributed by atoms with Crippen LogP contribution >= 0.6 is 22.9 Å². The van der Waals surface area contributed by atoms with Crippen molar-refractivity contribution in [1.29, 1.82) is 0 Å². The number of allylic oxidation sites excluding steroid dienone is 1. The van der Waals surface area contributed by atoms with Crippen LogP contribution in [-0.4, -0.2) is 35.3 Å². The standard InChI is InChI=1S/C34H32ClN3O8S/c1-6-44-33(40)29-20(4)36-34-37(30(29)24-9-7-8-10-26(24)46-19(2)3)32(39)28(47-34)17-22-15-25(35)31(27(16-22)43-5)45-18-21-11-13-23(14-12-21)38(41)42/h7-17,19,30H,6,18H2,1-5H3/b28-17+/t30-/m1/s1. The van der Waals surface area contributed by atoms with Crippen LogP contribution in [0.25, 0.3) is 6.08 Å². The van der Waals surface area contributed by atoms with Gasteiger partial charge < -0.3 is 18.9 Å². The van der Waals surface area contributed by atoms with Crippen LogP contribution in [0.2, 0.25) is 5.02 Å². The maximum Gasteiger partial charge on any atom is 0.338 e. The summed E-state index contributed by atoms with van der Waals surface area (Å²) < 4.78 is 24.9. The lowest BCUT2D eigenvalue weighted by atomic mass is 9.95. The molecule has 13 heteroatoms. The molecule has 3 aromatic carbocycles. The van der Waals surface area contributed by atoms with Crippen molar-refractivity contribution in [2.75, 3.05) is 13.7 Å². The SMILES string of the molecule is CCOC(=O)C1=C(C)N=c2s/c(=C/c3cc(Cl)c(OCc4ccc([N+](=O)[O-])cc4)c(OC)c3)c(=O)n2[C@@H]1c1ccccc1OC(C)C. The molecule has 11 nitrogen and oxygen atoms in total. The quantitative estimate of drug-likeness (QED) is 0.112. The first kappa shape index (κ1) is 33.4. The average molecular weight is 678 g/mol. The van der Waals surface area contributed by atoms with Crippen molar-refractivity contribution in [3.05, 3.63) is 123 Å². The summed E-state index contributed by atoms with van der Waals surface area (Å²) in [6, 6.07) is 15.8. The molecule has 5 rings (SSSR count). The van der Waals surface area contributed by atoms with Gasteiger partial charge in [-0.05, 0) is 75.2 Å². The fraction of sp³-hybridized carbons (Fsp3) is 0.265. The number of nitro benzene ring substituents is 1. The second-order valence-electron chi connectivity index (χ2n) is 10.8. The van der Waals surface area contributed by atoms with Gasteiger partial charge in [0.15, 0.2) is 16.3 Å². The van der Waals surface area contributed by atoms with Gasteiger partial charge in [-0.1, -0.05) is 41.1 Å². The summed E-state index contributed by atoms with van der Waals surface area (Å²) in [7, 11) is 1.47. The lowest BCUT2D eigenvalue weighted by Gasteiger charge is -2.26. The van der Waals surface area contributed by atoms with Crippen molar-refractivity contribution < 1.29 is 28.7 Å². The molecule has 0 saturated carbocycles. The number of carbonyl (C=O) groups excluding carboxylic acids is 1. The number of rotatable bonds is 11. The van der Waals surface area contributed by atoms with Gasteiger partial charge in [0, 0.05) is 17.7 Å². The second-order valence-corrected chi connectivity index (χ2v) is 12.2. The minimum atomic E-state index is -0.837. The molecule has 0 bridgehead atoms. The number of hydrogen-bond donors (Lipinski definition) is 0. The van der Waals surface area contributed by atoms with E-state index in [-0.39, 0.29) is 46.9 Å². The molecule has 1 aliphatic heterocycles. The predicted octanol–water partition coefficient (Wildman–Crippen LogP) is 5.73. The Labute approximate surface area is 279 Å². The molecule has 1 aromatic heterocycles. The van der Waals surface area contributed by atoms with Gasteiger partial charge in [0.05, 0.1) is 45.6 Å². The highest BCUT2D eigenvalue weighted by molar-refractivity contribution is 7.07. The number of non-ortho nitro benzene ring substituents is 1. The van der Waals surface area contributed by atoms with Gasteiger partial charge in [-0.15, -0.1) is 0 Å². The molecule has 0 unspecified atom stereocenters. The largest absolute Gasteiger partial charge is 0.493 e. The van der Waals surface area contributed by atoms with E-state index in [1.54, 1.807) is 44.2 Å². The lowest BCUT2D eigenvalue weighted by Crippen LogP contribution is -2.40. The third kappa shape index (κ3) is 7.08. The number of aromatic nitrogens is 1. The summed E-state index contributed by atoms with van der Waals surface area (Å²) in [4.78, 5) is 43.0. The van der Waals surface area contributed by atoms with Crippen molar-refractivity contribution in [1.82, 2.24) is 4.57 Å². The van der Waals surface area contributed by atoms with Crippen molar-refractivity contribution >= 4 is 40.7 Å². The van der Waals surface area contributed by atoms with E-state index in [4.69, 9.17) is 30.5 Å². The molecule has 244 valence electrons. The number of thiazole rings is 1. The van der Waals surface area contributed by atoms with E-state index >= 15 is 0 Å². The van der Waals surface area contributed by atoms with E-state index < -0.39 is 16.9 Å². The van der Waals surface area contributed by atoms with Crippen LogP contribution in [0.4, 0.5) is 5.69 Å². The smallest absolute Gasteiger partial charge is 0.338 e. The number of carbonyl (C=O) groups is 1. The molecule has 2 heterocycles. The van der Waals surface area contributed by atoms with E-state index in [2.05, 4.69) is 4.99 Å². The first-order valence-electron chi connectivity index (χ1n) is 14.7. The Morgan fingerprint density at radius 2 is 1.87 bits per heavy atom. The van der Waals surface area contributed by atoms with Gasteiger partial charge in [-0.25, -0.2) is 9.79 Å². The van der Waals surface area contributed by atoms with Crippen LogP contribution in [0.1, 0.15) is 50.4 Å². The molecule has 0 amide bonds. The van der Waals surface area contributed by atoms with Gasteiger partial charge in [-0.2, -0.15) is 0 Å². The van der Waals surface area contributed by atoms with Gasteiger partial charge in [-0.3, -0.25) is 19.5 Å². The minimum Gasteiger partial charge on any atom is -0.493 e. The zero-order valence-electron chi connectivity index (χ0n) is 26.3. The normalized spacial score (nSPS) is 14.4. The average Bonchev–Trinajstić information content (AvgIpc) is 3.33. The number of ether oxygens (including phenoxy) is 4. The number of para-hydroxylation sites is 1. The van der Waals surface area contributed by atoms with Gasteiger partial charge in [0.25, 0.3) is 11.2 Å². The molecule has 0 spiro atoms. The van der Waals surface area contributed by atoms with Crippen molar-refractivity contribution in [2.24, 2.45) is 4.99 Å². The Balaban J connectivity index is 1.57. The molecule has 0 aliphatic carbocycles. The summed E-state index contributed by atoms with van der Waals surface area (Å²) in [5, 5.41) is 11.2. The fourth-order valence-electron chi connectivity index (χ4n) is 5.14. The molecule has 4 aromatic rings. The number of methoxy groups -OCH3 is 1. The number of hydrogen-bond acceptors (Lipinski definition) is 10. The molecule has 0 N–H and O–H groups in total. The number of fused-ring (bicyclic) bond motifs is 1. The monoisotopic (exact) mass is 677 g/mol. The molecule has 47 heavy (non-hydrogen) atoms. The summed E-state index contributed by atoms with van der Waals surface area (Å²) >= 11 is 7.81. The number of nitrogens with zero attached hydrogens (tertiary/aromatic N) is 3. The van der Waals surface area contributed by atoms with E-state index in [1.165, 1.54) is 35.1 Å². The fourth-order valence-corrected chi connectivity index (χ4v) is 6.46. The highest BCUT2D eigenvalue weighted by atomic mass is 35.5. The van der Waals surface area contributed by atoms with Gasteiger partial charge in [0.2, 0.25) is 0 Å². The molecular weight excluding hydrogens is 646 g/mol. The molecule has 0 saturated heterocycles. The van der Waals surface area contributed by atoms with Crippen LogP contribution in [-0.2, 0) is 16.1 Å². The molecule has 1 aliphatic rings. The summed E-state index contributed by atoms with van der Waals surface area (Å²) in [5.41, 5.74) is 2.22. The van der Waals surface area contributed by atoms with E-state index in [1.807, 2.05) is 38.1 Å².